The second kappa shape index (κ2) is 4.98. The Kier molecular flexibility index (Phi) is 3.89. The van der Waals surface area contributed by atoms with E-state index in [1.54, 1.807) is 0 Å². The van der Waals surface area contributed by atoms with Crippen molar-refractivity contribution >= 4 is 5.78 Å². The minimum Gasteiger partial charge on any atom is -0.405 e. The van der Waals surface area contributed by atoms with Crippen LogP contribution in [0.2, 0.25) is 0 Å². The van der Waals surface area contributed by atoms with Crippen molar-refractivity contribution in [2.75, 3.05) is 13.6 Å². The fourth-order valence-corrected chi connectivity index (χ4v) is 1.17. The lowest BCUT2D eigenvalue weighted by molar-refractivity contribution is -0.274. The molecule has 0 heterocycles. The molecule has 6 heteroatoms. The standard InChI is InChI=1S/C10H10F3NO2/c1-14-6-8(15)7-4-2-3-5-9(7)16-10(11,12)13/h2-5,14H,6H2,1H3. The first-order valence-electron chi connectivity index (χ1n) is 4.46. The molecular formula is C10H10F3NO2. The van der Waals surface area contributed by atoms with Gasteiger partial charge in [-0.05, 0) is 19.2 Å². The molecule has 0 aliphatic rings. The first-order valence-corrected chi connectivity index (χ1v) is 4.46. The van der Waals surface area contributed by atoms with Crippen LogP contribution in [0.3, 0.4) is 0 Å². The number of para-hydroxylation sites is 1. The summed E-state index contributed by atoms with van der Waals surface area (Å²) < 4.78 is 39.8. The fourth-order valence-electron chi connectivity index (χ4n) is 1.17. The summed E-state index contributed by atoms with van der Waals surface area (Å²) in [6, 6.07) is 5.25. The summed E-state index contributed by atoms with van der Waals surface area (Å²) >= 11 is 0. The number of carbonyl (C=O) groups excluding carboxylic acids is 1. The first kappa shape index (κ1) is 12.5. The molecule has 0 fully saturated rings. The molecule has 1 N–H and O–H groups in total. The van der Waals surface area contributed by atoms with Crippen molar-refractivity contribution in [3.63, 3.8) is 0 Å². The third-order valence-corrected chi connectivity index (χ3v) is 1.75. The molecule has 0 aromatic heterocycles. The largest absolute Gasteiger partial charge is 0.573 e. The van der Waals surface area contributed by atoms with E-state index in [9.17, 15) is 18.0 Å². The van der Waals surface area contributed by atoms with Crippen LogP contribution in [-0.4, -0.2) is 25.7 Å². The maximum atomic E-state index is 12.0. The van der Waals surface area contributed by atoms with E-state index in [1.165, 1.54) is 25.2 Å². The van der Waals surface area contributed by atoms with Crippen LogP contribution in [-0.2, 0) is 0 Å². The Hall–Kier alpha value is -1.56. The van der Waals surface area contributed by atoms with Crippen LogP contribution in [0, 0.1) is 0 Å². The summed E-state index contributed by atoms with van der Waals surface area (Å²) in [5.41, 5.74) is -0.0887. The van der Waals surface area contributed by atoms with Gasteiger partial charge in [0.1, 0.15) is 5.75 Å². The third kappa shape index (κ3) is 3.54. The van der Waals surface area contributed by atoms with Gasteiger partial charge in [0, 0.05) is 0 Å². The molecule has 0 saturated heterocycles. The minimum absolute atomic E-state index is 0.0434. The number of ether oxygens (including phenoxy) is 1. The maximum Gasteiger partial charge on any atom is 0.573 e. The zero-order chi connectivity index (χ0) is 12.2. The third-order valence-electron chi connectivity index (χ3n) is 1.75. The Labute approximate surface area is 90.2 Å². The quantitative estimate of drug-likeness (QED) is 0.808. The van der Waals surface area contributed by atoms with E-state index in [0.717, 1.165) is 6.07 Å². The van der Waals surface area contributed by atoms with Gasteiger partial charge < -0.3 is 10.1 Å². The lowest BCUT2D eigenvalue weighted by Gasteiger charge is -2.12. The van der Waals surface area contributed by atoms with Gasteiger partial charge in [-0.15, -0.1) is 13.2 Å². The van der Waals surface area contributed by atoms with Gasteiger partial charge >= 0.3 is 6.36 Å². The lowest BCUT2D eigenvalue weighted by atomic mass is 10.1. The summed E-state index contributed by atoms with van der Waals surface area (Å²) in [5.74, 6) is -0.933. The molecule has 88 valence electrons. The number of benzene rings is 1. The zero-order valence-corrected chi connectivity index (χ0v) is 8.47. The predicted octanol–water partition coefficient (Wildman–Crippen LogP) is 1.99. The number of alkyl halides is 3. The number of carbonyl (C=O) groups is 1. The highest BCUT2D eigenvalue weighted by molar-refractivity contribution is 6.00. The number of ketones is 1. The van der Waals surface area contributed by atoms with Crippen molar-refractivity contribution < 1.29 is 22.7 Å². The molecule has 0 radical (unpaired) electrons. The summed E-state index contributed by atoms with van der Waals surface area (Å²) in [5, 5.41) is 2.57. The molecule has 0 atom stereocenters. The van der Waals surface area contributed by atoms with Gasteiger partial charge in [-0.25, -0.2) is 0 Å². The van der Waals surface area contributed by atoms with Crippen LogP contribution < -0.4 is 10.1 Å². The maximum absolute atomic E-state index is 12.0. The Morgan fingerprint density at radius 2 is 2.00 bits per heavy atom. The molecule has 1 aromatic rings. The van der Waals surface area contributed by atoms with Crippen LogP contribution in [0.25, 0.3) is 0 Å². The molecule has 0 bridgehead atoms. The molecular weight excluding hydrogens is 223 g/mol. The topological polar surface area (TPSA) is 38.3 Å². The van der Waals surface area contributed by atoms with E-state index in [2.05, 4.69) is 10.1 Å². The van der Waals surface area contributed by atoms with Gasteiger partial charge in [0.15, 0.2) is 5.78 Å². The number of rotatable bonds is 4. The number of Topliss-reactive ketones (excluding diaryl/α,β-unsaturated/α-hetero) is 1. The number of hydrogen-bond acceptors (Lipinski definition) is 3. The number of hydrogen-bond donors (Lipinski definition) is 1. The lowest BCUT2D eigenvalue weighted by Crippen LogP contribution is -2.22. The van der Waals surface area contributed by atoms with Crippen molar-refractivity contribution in [1.29, 1.82) is 0 Å². The monoisotopic (exact) mass is 233 g/mol. The van der Waals surface area contributed by atoms with Gasteiger partial charge in [0.2, 0.25) is 0 Å². The van der Waals surface area contributed by atoms with Crippen molar-refractivity contribution in [3.05, 3.63) is 29.8 Å². The van der Waals surface area contributed by atoms with Crippen LogP contribution in [0.1, 0.15) is 10.4 Å². The van der Waals surface area contributed by atoms with Gasteiger partial charge in [-0.2, -0.15) is 0 Å². The molecule has 16 heavy (non-hydrogen) atoms. The van der Waals surface area contributed by atoms with E-state index in [1.807, 2.05) is 0 Å². The van der Waals surface area contributed by atoms with Gasteiger partial charge in [-0.1, -0.05) is 12.1 Å². The molecule has 0 spiro atoms. The normalized spacial score (nSPS) is 11.2. The van der Waals surface area contributed by atoms with Gasteiger partial charge in [0.25, 0.3) is 0 Å². The molecule has 0 amide bonds. The highest BCUT2D eigenvalue weighted by Crippen LogP contribution is 2.26. The highest BCUT2D eigenvalue weighted by atomic mass is 19.4. The Bertz CT molecular complexity index is 377. The fraction of sp³-hybridized carbons (Fsp3) is 0.300. The molecule has 1 aromatic carbocycles. The first-order chi connectivity index (χ1) is 7.44. The molecule has 0 aliphatic carbocycles. The molecule has 0 saturated carbocycles. The summed E-state index contributed by atoms with van der Waals surface area (Å²) in [6.45, 7) is -0.0434. The van der Waals surface area contributed by atoms with Crippen LogP contribution >= 0.6 is 0 Å². The SMILES string of the molecule is CNCC(=O)c1ccccc1OC(F)(F)F. The molecule has 3 nitrogen and oxygen atoms in total. The minimum atomic E-state index is -4.80. The second-order valence-electron chi connectivity index (χ2n) is 3.00. The highest BCUT2D eigenvalue weighted by Gasteiger charge is 2.32. The van der Waals surface area contributed by atoms with Crippen molar-refractivity contribution in [2.45, 2.75) is 6.36 Å². The molecule has 0 aliphatic heterocycles. The van der Waals surface area contributed by atoms with E-state index in [4.69, 9.17) is 0 Å². The summed E-state index contributed by atoms with van der Waals surface area (Å²) in [4.78, 5) is 11.4. The Balaban J connectivity index is 2.96. The number of nitrogens with one attached hydrogen (secondary N) is 1. The van der Waals surface area contributed by atoms with Crippen molar-refractivity contribution in [1.82, 2.24) is 5.32 Å². The van der Waals surface area contributed by atoms with Gasteiger partial charge in [-0.3, -0.25) is 4.79 Å². The van der Waals surface area contributed by atoms with Crippen LogP contribution in [0.5, 0.6) is 5.75 Å². The smallest absolute Gasteiger partial charge is 0.405 e. The zero-order valence-electron chi connectivity index (χ0n) is 8.47. The second-order valence-corrected chi connectivity index (χ2v) is 3.00. The van der Waals surface area contributed by atoms with E-state index >= 15 is 0 Å². The van der Waals surface area contributed by atoms with Gasteiger partial charge in [0.05, 0.1) is 12.1 Å². The van der Waals surface area contributed by atoms with Crippen LogP contribution in [0.4, 0.5) is 13.2 Å². The van der Waals surface area contributed by atoms with Crippen LogP contribution in [0.15, 0.2) is 24.3 Å². The number of likely N-dealkylation sites (N-methyl/N-ethyl adjacent to an activating group) is 1. The predicted molar refractivity (Wildman–Crippen MR) is 51.4 cm³/mol. The summed E-state index contributed by atoms with van der Waals surface area (Å²) in [6.07, 6.45) is -4.80. The molecule has 0 unspecified atom stereocenters. The van der Waals surface area contributed by atoms with Crippen molar-refractivity contribution in [2.24, 2.45) is 0 Å². The van der Waals surface area contributed by atoms with E-state index < -0.39 is 17.9 Å². The average Bonchev–Trinajstić information content (AvgIpc) is 2.16. The summed E-state index contributed by atoms with van der Waals surface area (Å²) in [7, 11) is 1.53. The Morgan fingerprint density at radius 3 is 2.56 bits per heavy atom. The number of halogens is 3. The van der Waals surface area contributed by atoms with E-state index in [0.29, 0.717) is 0 Å². The Morgan fingerprint density at radius 1 is 1.38 bits per heavy atom. The van der Waals surface area contributed by atoms with Crippen molar-refractivity contribution in [3.8, 4) is 5.75 Å². The molecule has 1 rings (SSSR count). The average molecular weight is 233 g/mol. The van der Waals surface area contributed by atoms with E-state index in [-0.39, 0.29) is 12.1 Å².